The Hall–Kier alpha value is -1.70. The molecule has 2 aromatic rings. The van der Waals surface area contributed by atoms with E-state index in [2.05, 4.69) is 19.4 Å². The van der Waals surface area contributed by atoms with Gasteiger partial charge >= 0.3 is 0 Å². The zero-order chi connectivity index (χ0) is 18.1. The lowest BCUT2D eigenvalue weighted by Gasteiger charge is -2.36. The SMILES string of the molecule is CS(=O)(=O)c1ccc(CN2Cc3cncn3C(CN3CCCC3)C2)cc1. The van der Waals surface area contributed by atoms with Crippen LogP contribution in [-0.2, 0) is 22.9 Å². The lowest BCUT2D eigenvalue weighted by molar-refractivity contribution is 0.148. The number of sulfone groups is 1. The van der Waals surface area contributed by atoms with Gasteiger partial charge in [-0.3, -0.25) is 4.90 Å². The van der Waals surface area contributed by atoms with Gasteiger partial charge in [-0.05, 0) is 43.6 Å². The van der Waals surface area contributed by atoms with E-state index in [1.54, 1.807) is 12.1 Å². The van der Waals surface area contributed by atoms with Gasteiger partial charge in [0.2, 0.25) is 0 Å². The van der Waals surface area contributed by atoms with Gasteiger partial charge in [-0.25, -0.2) is 13.4 Å². The Labute approximate surface area is 155 Å². The highest BCUT2D eigenvalue weighted by molar-refractivity contribution is 7.90. The van der Waals surface area contributed by atoms with Crippen LogP contribution < -0.4 is 0 Å². The van der Waals surface area contributed by atoms with Crippen molar-refractivity contribution < 1.29 is 8.42 Å². The van der Waals surface area contributed by atoms with Crippen molar-refractivity contribution in [3.8, 4) is 0 Å². The summed E-state index contributed by atoms with van der Waals surface area (Å²) >= 11 is 0. The normalized spacial score (nSPS) is 21.8. The van der Waals surface area contributed by atoms with E-state index in [4.69, 9.17) is 0 Å². The molecule has 0 amide bonds. The fourth-order valence-electron chi connectivity index (χ4n) is 4.09. The van der Waals surface area contributed by atoms with Crippen molar-refractivity contribution in [2.24, 2.45) is 0 Å². The fourth-order valence-corrected chi connectivity index (χ4v) is 4.72. The topological polar surface area (TPSA) is 58.4 Å². The third kappa shape index (κ3) is 3.84. The number of hydrogen-bond donors (Lipinski definition) is 0. The van der Waals surface area contributed by atoms with Gasteiger partial charge in [-0.1, -0.05) is 12.1 Å². The fraction of sp³-hybridized carbons (Fsp3) is 0.526. The summed E-state index contributed by atoms with van der Waals surface area (Å²) in [4.78, 5) is 9.73. The van der Waals surface area contributed by atoms with Crippen LogP contribution in [0.25, 0.3) is 0 Å². The van der Waals surface area contributed by atoms with Gasteiger partial charge in [0.1, 0.15) is 0 Å². The van der Waals surface area contributed by atoms with Gasteiger partial charge in [0.05, 0.1) is 23.0 Å². The lowest BCUT2D eigenvalue weighted by atomic mass is 10.1. The van der Waals surface area contributed by atoms with Crippen LogP contribution in [-0.4, -0.2) is 60.2 Å². The Balaban J connectivity index is 1.47. The molecule has 0 N–H and O–H groups in total. The van der Waals surface area contributed by atoms with Crippen molar-refractivity contribution >= 4 is 9.84 Å². The summed E-state index contributed by atoms with van der Waals surface area (Å²) in [6.07, 6.45) is 7.79. The summed E-state index contributed by atoms with van der Waals surface area (Å²) in [5.41, 5.74) is 2.40. The van der Waals surface area contributed by atoms with Crippen LogP contribution in [0.4, 0.5) is 0 Å². The smallest absolute Gasteiger partial charge is 0.175 e. The Bertz CT molecular complexity index is 854. The maximum atomic E-state index is 11.6. The Morgan fingerprint density at radius 2 is 1.85 bits per heavy atom. The van der Waals surface area contributed by atoms with Gasteiger partial charge in [-0.15, -0.1) is 0 Å². The number of nitrogens with zero attached hydrogens (tertiary/aromatic N) is 4. The predicted molar refractivity (Wildman–Crippen MR) is 101 cm³/mol. The molecule has 6 nitrogen and oxygen atoms in total. The van der Waals surface area contributed by atoms with E-state index < -0.39 is 9.84 Å². The lowest BCUT2D eigenvalue weighted by Crippen LogP contribution is -2.41. The van der Waals surface area contributed by atoms with E-state index >= 15 is 0 Å². The summed E-state index contributed by atoms with van der Waals surface area (Å²) in [7, 11) is -3.14. The molecule has 0 bridgehead atoms. The van der Waals surface area contributed by atoms with E-state index in [1.807, 2.05) is 24.7 Å². The maximum Gasteiger partial charge on any atom is 0.175 e. The summed E-state index contributed by atoms with van der Waals surface area (Å²) in [5.74, 6) is 0. The number of hydrogen-bond acceptors (Lipinski definition) is 5. The first-order valence-electron chi connectivity index (χ1n) is 9.23. The van der Waals surface area contributed by atoms with Crippen LogP contribution in [0.1, 0.15) is 30.1 Å². The molecular weight excluding hydrogens is 348 g/mol. The quantitative estimate of drug-likeness (QED) is 0.801. The Morgan fingerprint density at radius 3 is 2.54 bits per heavy atom. The van der Waals surface area contributed by atoms with E-state index in [-0.39, 0.29) is 0 Å². The molecule has 1 atom stereocenters. The van der Waals surface area contributed by atoms with Gasteiger partial charge in [0.25, 0.3) is 0 Å². The van der Waals surface area contributed by atoms with Crippen molar-refractivity contribution in [3.05, 3.63) is 48.0 Å². The zero-order valence-corrected chi connectivity index (χ0v) is 16.0. The van der Waals surface area contributed by atoms with Crippen LogP contribution in [0.2, 0.25) is 0 Å². The minimum Gasteiger partial charge on any atom is -0.328 e. The molecule has 7 heteroatoms. The molecule has 26 heavy (non-hydrogen) atoms. The minimum atomic E-state index is -3.14. The molecule has 0 radical (unpaired) electrons. The van der Waals surface area contributed by atoms with Crippen LogP contribution >= 0.6 is 0 Å². The average Bonchev–Trinajstić information content (AvgIpc) is 3.26. The van der Waals surface area contributed by atoms with Crippen molar-refractivity contribution in [1.29, 1.82) is 0 Å². The number of rotatable bonds is 5. The number of imidazole rings is 1. The molecule has 0 spiro atoms. The Kier molecular flexibility index (Phi) is 4.86. The first-order chi connectivity index (χ1) is 12.5. The Morgan fingerprint density at radius 1 is 1.12 bits per heavy atom. The molecule has 1 saturated heterocycles. The molecule has 0 aliphatic carbocycles. The summed E-state index contributed by atoms with van der Waals surface area (Å²) in [5, 5.41) is 0. The van der Waals surface area contributed by atoms with Crippen molar-refractivity contribution in [1.82, 2.24) is 19.4 Å². The standard InChI is InChI=1S/C19H26N4O2S/c1-26(24,25)19-6-4-16(5-7-19)11-22-12-17-10-20-15-23(17)18(14-22)13-21-8-2-3-9-21/h4-7,10,15,18H,2-3,8-9,11-14H2,1H3. The molecule has 3 heterocycles. The van der Waals surface area contributed by atoms with Crippen LogP contribution in [0, 0.1) is 0 Å². The summed E-state index contributed by atoms with van der Waals surface area (Å²) in [6.45, 7) is 6.18. The highest BCUT2D eigenvalue weighted by atomic mass is 32.2. The molecule has 1 unspecified atom stereocenters. The highest BCUT2D eigenvalue weighted by Gasteiger charge is 2.27. The van der Waals surface area contributed by atoms with E-state index in [0.717, 1.165) is 31.7 Å². The van der Waals surface area contributed by atoms with Gasteiger partial charge in [-0.2, -0.15) is 0 Å². The molecule has 2 aliphatic rings. The number of likely N-dealkylation sites (tertiary alicyclic amines) is 1. The second kappa shape index (κ2) is 7.13. The summed E-state index contributed by atoms with van der Waals surface area (Å²) < 4.78 is 25.6. The van der Waals surface area contributed by atoms with Crippen molar-refractivity contribution in [3.63, 3.8) is 0 Å². The molecule has 1 aromatic heterocycles. The highest BCUT2D eigenvalue weighted by Crippen LogP contribution is 2.25. The average molecular weight is 375 g/mol. The zero-order valence-electron chi connectivity index (χ0n) is 15.2. The monoisotopic (exact) mass is 374 g/mol. The maximum absolute atomic E-state index is 11.6. The van der Waals surface area contributed by atoms with Crippen molar-refractivity contribution in [2.75, 3.05) is 32.4 Å². The molecule has 1 fully saturated rings. The number of aromatic nitrogens is 2. The van der Waals surface area contributed by atoms with E-state index in [1.165, 1.54) is 37.9 Å². The van der Waals surface area contributed by atoms with Gasteiger partial charge in [0, 0.05) is 38.6 Å². The molecule has 1 aromatic carbocycles. The van der Waals surface area contributed by atoms with Crippen molar-refractivity contribution in [2.45, 2.75) is 36.9 Å². The molecule has 4 rings (SSSR count). The summed E-state index contributed by atoms with van der Waals surface area (Å²) in [6, 6.07) is 7.70. The van der Waals surface area contributed by atoms with E-state index in [9.17, 15) is 8.42 Å². The third-order valence-electron chi connectivity index (χ3n) is 5.42. The van der Waals surface area contributed by atoms with Crippen LogP contribution in [0.5, 0.6) is 0 Å². The third-order valence-corrected chi connectivity index (χ3v) is 6.55. The molecule has 0 saturated carbocycles. The number of fused-ring (bicyclic) bond motifs is 1. The first kappa shape index (κ1) is 17.7. The first-order valence-corrected chi connectivity index (χ1v) is 11.1. The second-order valence-corrected chi connectivity index (χ2v) is 9.56. The van der Waals surface area contributed by atoms with Gasteiger partial charge in [0.15, 0.2) is 9.84 Å². The largest absolute Gasteiger partial charge is 0.328 e. The predicted octanol–water partition coefficient (Wildman–Crippen LogP) is 1.94. The van der Waals surface area contributed by atoms with Crippen LogP contribution in [0.3, 0.4) is 0 Å². The van der Waals surface area contributed by atoms with Crippen LogP contribution in [0.15, 0.2) is 41.7 Å². The number of benzene rings is 1. The molecule has 140 valence electrons. The van der Waals surface area contributed by atoms with E-state index in [0.29, 0.717) is 10.9 Å². The minimum absolute atomic E-state index is 0.380. The second-order valence-electron chi connectivity index (χ2n) is 7.54. The van der Waals surface area contributed by atoms with Gasteiger partial charge < -0.3 is 9.47 Å². The molecule has 2 aliphatic heterocycles. The molecular formula is C19H26N4O2S.